The average Bonchev–Trinajstić information content (AvgIpc) is 2.67. The molecule has 0 bridgehead atoms. The zero-order valence-electron chi connectivity index (χ0n) is 16.2. The van der Waals surface area contributed by atoms with Gasteiger partial charge in [0.05, 0.1) is 18.6 Å². The Morgan fingerprint density at radius 3 is 2.32 bits per heavy atom. The number of rotatable bonds is 7. The number of nitrogens with zero attached hydrogens (tertiary/aromatic N) is 1. The van der Waals surface area contributed by atoms with Crippen molar-refractivity contribution in [1.82, 2.24) is 4.31 Å². The SMILES string of the molecule is COc1ccc(C#CCN(C/C=C/C(C)=O)S(=O)(=O)c2ccc(C)cc2)cc1. The molecular weight excluding hydrogens is 374 g/mol. The minimum absolute atomic E-state index is 0.00445. The van der Waals surface area contributed by atoms with Crippen LogP contribution in [0, 0.1) is 18.8 Å². The molecular formula is C22H23NO4S. The summed E-state index contributed by atoms with van der Waals surface area (Å²) in [5.41, 5.74) is 1.73. The smallest absolute Gasteiger partial charge is 0.244 e. The first-order valence-corrected chi connectivity index (χ1v) is 10.1. The number of allylic oxidation sites excluding steroid dienone is 1. The first-order valence-electron chi connectivity index (χ1n) is 8.70. The van der Waals surface area contributed by atoms with Crippen LogP contribution in [-0.4, -0.2) is 38.7 Å². The maximum Gasteiger partial charge on any atom is 0.244 e. The fourth-order valence-corrected chi connectivity index (χ4v) is 3.64. The third-order valence-electron chi connectivity index (χ3n) is 3.90. The molecule has 0 atom stereocenters. The van der Waals surface area contributed by atoms with Gasteiger partial charge in [0.1, 0.15) is 5.75 Å². The number of hydrogen-bond acceptors (Lipinski definition) is 4. The average molecular weight is 397 g/mol. The standard InChI is InChI=1S/C22H23NO4S/c1-18-8-14-22(15-9-18)28(25,26)23(16-4-6-19(2)24)17-5-7-20-10-12-21(27-3)13-11-20/h4,6,8-15H,16-17H2,1-3H3/b6-4+. The number of carbonyl (C=O) groups excluding carboxylic acids is 1. The van der Waals surface area contributed by atoms with Gasteiger partial charge in [-0.15, -0.1) is 0 Å². The van der Waals surface area contributed by atoms with Crippen molar-refractivity contribution >= 4 is 15.8 Å². The Balaban J connectivity index is 2.24. The van der Waals surface area contributed by atoms with Crippen molar-refractivity contribution in [3.8, 4) is 17.6 Å². The number of sulfonamides is 1. The van der Waals surface area contributed by atoms with Crippen molar-refractivity contribution in [3.05, 3.63) is 71.8 Å². The second-order valence-corrected chi connectivity index (χ2v) is 8.09. The van der Waals surface area contributed by atoms with E-state index < -0.39 is 10.0 Å². The van der Waals surface area contributed by atoms with Crippen molar-refractivity contribution < 1.29 is 17.9 Å². The molecule has 146 valence electrons. The van der Waals surface area contributed by atoms with Crippen molar-refractivity contribution in [2.75, 3.05) is 20.2 Å². The normalized spacial score (nSPS) is 11.3. The van der Waals surface area contributed by atoms with Gasteiger partial charge in [0.25, 0.3) is 0 Å². The van der Waals surface area contributed by atoms with Crippen LogP contribution in [0.15, 0.2) is 65.6 Å². The summed E-state index contributed by atoms with van der Waals surface area (Å²) in [5, 5.41) is 0. The van der Waals surface area contributed by atoms with Gasteiger partial charge in [-0.2, -0.15) is 4.31 Å². The molecule has 0 saturated carbocycles. The molecule has 0 radical (unpaired) electrons. The molecule has 0 unspecified atom stereocenters. The Kier molecular flexibility index (Phi) is 7.56. The third-order valence-corrected chi connectivity index (χ3v) is 5.72. The molecule has 0 spiro atoms. The summed E-state index contributed by atoms with van der Waals surface area (Å²) in [7, 11) is -2.15. The second-order valence-electron chi connectivity index (χ2n) is 6.15. The number of ketones is 1. The van der Waals surface area contributed by atoms with E-state index in [1.807, 2.05) is 6.92 Å². The molecule has 0 N–H and O–H groups in total. The molecule has 0 fully saturated rings. The maximum atomic E-state index is 13.0. The van der Waals surface area contributed by atoms with E-state index >= 15 is 0 Å². The molecule has 5 nitrogen and oxygen atoms in total. The van der Waals surface area contributed by atoms with E-state index in [1.54, 1.807) is 55.6 Å². The number of carbonyl (C=O) groups is 1. The lowest BCUT2D eigenvalue weighted by molar-refractivity contribution is -0.112. The molecule has 2 aromatic rings. The van der Waals surface area contributed by atoms with Crippen molar-refractivity contribution in [2.24, 2.45) is 0 Å². The van der Waals surface area contributed by atoms with E-state index in [4.69, 9.17) is 4.74 Å². The summed E-state index contributed by atoms with van der Waals surface area (Å²) in [6.07, 6.45) is 2.89. The number of hydrogen-bond donors (Lipinski definition) is 0. The van der Waals surface area contributed by atoms with Gasteiger partial charge in [-0.1, -0.05) is 35.6 Å². The lowest BCUT2D eigenvalue weighted by Crippen LogP contribution is -2.31. The Hall–Kier alpha value is -2.88. The predicted molar refractivity (Wildman–Crippen MR) is 110 cm³/mol. The number of methoxy groups -OCH3 is 1. The van der Waals surface area contributed by atoms with E-state index in [-0.39, 0.29) is 23.8 Å². The first kappa shape index (κ1) is 21.4. The van der Waals surface area contributed by atoms with E-state index in [1.165, 1.54) is 23.4 Å². The number of aryl methyl sites for hydroxylation is 1. The highest BCUT2D eigenvalue weighted by molar-refractivity contribution is 7.89. The first-order chi connectivity index (χ1) is 13.3. The van der Waals surface area contributed by atoms with Crippen LogP contribution in [0.5, 0.6) is 5.75 Å². The Morgan fingerprint density at radius 1 is 1.11 bits per heavy atom. The minimum atomic E-state index is -3.73. The molecule has 0 aliphatic rings. The summed E-state index contributed by atoms with van der Waals surface area (Å²) in [6.45, 7) is 3.38. The molecule has 0 aliphatic heterocycles. The van der Waals surface area contributed by atoms with Crippen molar-refractivity contribution in [3.63, 3.8) is 0 Å². The molecule has 28 heavy (non-hydrogen) atoms. The fraction of sp³-hybridized carbons (Fsp3) is 0.227. The van der Waals surface area contributed by atoms with Crippen molar-refractivity contribution in [1.29, 1.82) is 0 Å². The molecule has 2 rings (SSSR count). The summed E-state index contributed by atoms with van der Waals surface area (Å²) >= 11 is 0. The quantitative estimate of drug-likeness (QED) is 0.532. The molecule has 0 aliphatic carbocycles. The Labute approximate surface area is 166 Å². The van der Waals surface area contributed by atoms with E-state index in [0.717, 1.165) is 16.9 Å². The summed E-state index contributed by atoms with van der Waals surface area (Å²) in [5.74, 6) is 6.44. The fourth-order valence-electron chi connectivity index (χ4n) is 2.35. The van der Waals surface area contributed by atoms with Crippen LogP contribution in [0.2, 0.25) is 0 Å². The molecule has 6 heteroatoms. The lowest BCUT2D eigenvalue weighted by Gasteiger charge is -2.18. The summed E-state index contributed by atoms with van der Waals surface area (Å²) in [6, 6.07) is 13.8. The van der Waals surface area contributed by atoms with Crippen molar-refractivity contribution in [2.45, 2.75) is 18.7 Å². The van der Waals surface area contributed by atoms with E-state index in [9.17, 15) is 13.2 Å². The lowest BCUT2D eigenvalue weighted by atomic mass is 10.2. The monoisotopic (exact) mass is 397 g/mol. The van der Waals surface area contributed by atoms with Crippen LogP contribution in [0.25, 0.3) is 0 Å². The van der Waals surface area contributed by atoms with Crippen LogP contribution >= 0.6 is 0 Å². The highest BCUT2D eigenvalue weighted by Gasteiger charge is 2.22. The van der Waals surface area contributed by atoms with Gasteiger partial charge < -0.3 is 4.74 Å². The topological polar surface area (TPSA) is 63.7 Å². The largest absolute Gasteiger partial charge is 0.497 e. The number of ether oxygens (including phenoxy) is 1. The summed E-state index contributed by atoms with van der Waals surface area (Å²) in [4.78, 5) is 11.3. The van der Waals surface area contributed by atoms with Gasteiger partial charge >= 0.3 is 0 Å². The Bertz CT molecular complexity index is 995. The highest BCUT2D eigenvalue weighted by atomic mass is 32.2. The minimum Gasteiger partial charge on any atom is -0.497 e. The number of benzene rings is 2. The molecule has 0 amide bonds. The van der Waals surface area contributed by atoms with Gasteiger partial charge in [-0.3, -0.25) is 4.79 Å². The predicted octanol–water partition coefficient (Wildman–Crippen LogP) is 3.19. The molecule has 0 aromatic heterocycles. The van der Waals surface area contributed by atoms with Gasteiger partial charge in [-0.25, -0.2) is 8.42 Å². The molecule has 2 aromatic carbocycles. The summed E-state index contributed by atoms with van der Waals surface area (Å²) < 4.78 is 32.3. The van der Waals surface area contributed by atoms with Gasteiger partial charge in [0.2, 0.25) is 10.0 Å². The van der Waals surface area contributed by atoms with Crippen LogP contribution in [0.4, 0.5) is 0 Å². The van der Waals surface area contributed by atoms with Gasteiger partial charge in [-0.05, 0) is 56.3 Å². The zero-order chi connectivity index (χ0) is 20.6. The second kappa shape index (κ2) is 9.88. The van der Waals surface area contributed by atoms with Gasteiger partial charge in [0.15, 0.2) is 5.78 Å². The Morgan fingerprint density at radius 2 is 1.75 bits per heavy atom. The maximum absolute atomic E-state index is 13.0. The van der Waals surface area contributed by atoms with Gasteiger partial charge in [0, 0.05) is 12.1 Å². The van der Waals surface area contributed by atoms with Crippen LogP contribution in [0.1, 0.15) is 18.1 Å². The third kappa shape index (κ3) is 6.08. The van der Waals surface area contributed by atoms with Crippen LogP contribution in [-0.2, 0) is 14.8 Å². The highest BCUT2D eigenvalue weighted by Crippen LogP contribution is 2.16. The molecule has 0 saturated heterocycles. The molecule has 0 heterocycles. The van der Waals surface area contributed by atoms with Crippen LogP contribution < -0.4 is 4.74 Å². The van der Waals surface area contributed by atoms with E-state index in [0.29, 0.717) is 0 Å². The zero-order valence-corrected chi connectivity index (χ0v) is 17.0. The van der Waals surface area contributed by atoms with E-state index in [2.05, 4.69) is 11.8 Å². The van der Waals surface area contributed by atoms with Crippen LogP contribution in [0.3, 0.4) is 0 Å².